The molecule has 0 atom stereocenters. The van der Waals surface area contributed by atoms with Crippen molar-refractivity contribution in [2.75, 3.05) is 0 Å². The molecular weight excluding hydrogens is 154 g/mol. The molecule has 1 aromatic rings. The van der Waals surface area contributed by atoms with E-state index in [0.29, 0.717) is 12.6 Å². The van der Waals surface area contributed by atoms with E-state index in [1.54, 1.807) is 0 Å². The van der Waals surface area contributed by atoms with Crippen LogP contribution in [0.25, 0.3) is 0 Å². The van der Waals surface area contributed by atoms with Crippen molar-refractivity contribution in [2.45, 2.75) is 38.3 Å². The molecule has 0 aliphatic heterocycles. The summed E-state index contributed by atoms with van der Waals surface area (Å²) >= 11 is 0. The van der Waals surface area contributed by atoms with Crippen LogP contribution in [-0.2, 0) is 6.54 Å². The molecule has 2 rings (SSSR count). The predicted octanol–water partition coefficient (Wildman–Crippen LogP) is 0.247. The van der Waals surface area contributed by atoms with Gasteiger partial charge in [-0.1, -0.05) is 12.8 Å². The van der Waals surface area contributed by atoms with E-state index in [-0.39, 0.29) is 0 Å². The van der Waals surface area contributed by atoms with E-state index in [1.165, 1.54) is 25.7 Å². The second-order valence-corrected chi connectivity index (χ2v) is 3.18. The van der Waals surface area contributed by atoms with E-state index >= 15 is 0 Å². The van der Waals surface area contributed by atoms with E-state index in [2.05, 4.69) is 15.5 Å². The molecule has 1 aliphatic carbocycles. The average Bonchev–Trinajstić information content (AvgIpc) is 2.74. The quantitative estimate of drug-likeness (QED) is 0.685. The highest BCUT2D eigenvalue weighted by molar-refractivity contribution is 4.84. The largest absolute Gasteiger partial charge is 0.324 e. The zero-order valence-electron chi connectivity index (χ0n) is 6.98. The first-order chi connectivity index (χ1) is 5.92. The van der Waals surface area contributed by atoms with Crippen molar-refractivity contribution in [2.24, 2.45) is 5.73 Å². The van der Waals surface area contributed by atoms with Gasteiger partial charge in [0.2, 0.25) is 0 Å². The lowest BCUT2D eigenvalue weighted by atomic mass is 10.2. The minimum absolute atomic E-state index is 0.434. The number of hydrogen-bond donors (Lipinski definition) is 1. The van der Waals surface area contributed by atoms with Crippen LogP contribution < -0.4 is 5.73 Å². The summed E-state index contributed by atoms with van der Waals surface area (Å²) in [6, 6.07) is 0.499. The van der Waals surface area contributed by atoms with Crippen LogP contribution in [0.15, 0.2) is 0 Å². The van der Waals surface area contributed by atoms with Gasteiger partial charge in [0.15, 0.2) is 5.82 Å². The third-order valence-corrected chi connectivity index (χ3v) is 2.41. The minimum Gasteiger partial charge on any atom is -0.324 e. The third kappa shape index (κ3) is 1.20. The van der Waals surface area contributed by atoms with Gasteiger partial charge in [0.05, 0.1) is 12.6 Å². The molecule has 1 saturated carbocycles. The smallest absolute Gasteiger partial charge is 0.165 e. The van der Waals surface area contributed by atoms with E-state index in [0.717, 1.165) is 5.82 Å². The Labute approximate surface area is 70.9 Å². The summed E-state index contributed by atoms with van der Waals surface area (Å²) in [5.74, 6) is 0.807. The van der Waals surface area contributed by atoms with Gasteiger partial charge in [-0.15, -0.1) is 5.10 Å². The maximum Gasteiger partial charge on any atom is 0.165 e. The molecule has 12 heavy (non-hydrogen) atoms. The Morgan fingerprint density at radius 3 is 2.83 bits per heavy atom. The zero-order chi connectivity index (χ0) is 8.39. The van der Waals surface area contributed by atoms with Gasteiger partial charge in [-0.05, 0) is 23.3 Å². The fourth-order valence-corrected chi connectivity index (χ4v) is 1.78. The lowest BCUT2D eigenvalue weighted by Crippen LogP contribution is -2.13. The van der Waals surface area contributed by atoms with E-state index < -0.39 is 0 Å². The first-order valence-electron chi connectivity index (χ1n) is 4.38. The van der Waals surface area contributed by atoms with Gasteiger partial charge in [0.1, 0.15) is 0 Å². The van der Waals surface area contributed by atoms with E-state index in [9.17, 15) is 0 Å². The van der Waals surface area contributed by atoms with Crippen molar-refractivity contribution in [1.29, 1.82) is 0 Å². The normalized spacial score (nSPS) is 18.8. The average molecular weight is 167 g/mol. The summed E-state index contributed by atoms with van der Waals surface area (Å²) in [6.45, 7) is 0.434. The van der Waals surface area contributed by atoms with Gasteiger partial charge in [-0.2, -0.15) is 0 Å². The second kappa shape index (κ2) is 3.18. The molecule has 2 N–H and O–H groups in total. The molecule has 66 valence electrons. The summed E-state index contributed by atoms with van der Waals surface area (Å²) in [5, 5.41) is 11.4. The minimum atomic E-state index is 0.434. The van der Waals surface area contributed by atoms with Gasteiger partial charge in [-0.3, -0.25) is 0 Å². The Morgan fingerprint density at radius 1 is 1.42 bits per heavy atom. The molecule has 5 heteroatoms. The molecule has 1 fully saturated rings. The Kier molecular flexibility index (Phi) is 2.03. The topological polar surface area (TPSA) is 69.6 Å². The number of rotatable bonds is 2. The second-order valence-electron chi connectivity index (χ2n) is 3.18. The molecule has 1 aromatic heterocycles. The molecule has 0 radical (unpaired) electrons. The van der Waals surface area contributed by atoms with Crippen molar-refractivity contribution in [3.05, 3.63) is 5.82 Å². The third-order valence-electron chi connectivity index (χ3n) is 2.41. The van der Waals surface area contributed by atoms with E-state index in [4.69, 9.17) is 5.73 Å². The molecular formula is C7H13N5. The van der Waals surface area contributed by atoms with Crippen molar-refractivity contribution < 1.29 is 0 Å². The monoisotopic (exact) mass is 167 g/mol. The Balaban J connectivity index is 2.19. The van der Waals surface area contributed by atoms with Crippen LogP contribution in [0, 0.1) is 0 Å². The standard InChI is InChI=1S/C7H13N5/c8-5-7-9-10-11-12(7)6-3-1-2-4-6/h6H,1-5,8H2. The molecule has 0 bridgehead atoms. The summed E-state index contributed by atoms with van der Waals surface area (Å²) in [7, 11) is 0. The zero-order valence-corrected chi connectivity index (χ0v) is 6.98. The molecule has 0 saturated heterocycles. The fraction of sp³-hybridized carbons (Fsp3) is 0.857. The highest BCUT2D eigenvalue weighted by atomic mass is 15.6. The fourth-order valence-electron chi connectivity index (χ4n) is 1.78. The van der Waals surface area contributed by atoms with Crippen LogP contribution in [0.1, 0.15) is 37.5 Å². The van der Waals surface area contributed by atoms with Gasteiger partial charge in [-0.25, -0.2) is 4.68 Å². The van der Waals surface area contributed by atoms with Crippen LogP contribution in [-0.4, -0.2) is 20.2 Å². The molecule has 1 aliphatic rings. The lowest BCUT2D eigenvalue weighted by Gasteiger charge is -2.09. The van der Waals surface area contributed by atoms with Crippen molar-refractivity contribution in [3.63, 3.8) is 0 Å². The number of tetrazole rings is 1. The first-order valence-corrected chi connectivity index (χ1v) is 4.38. The SMILES string of the molecule is NCc1nnnn1C1CCCC1. The predicted molar refractivity (Wildman–Crippen MR) is 43.2 cm³/mol. The molecule has 5 nitrogen and oxygen atoms in total. The van der Waals surface area contributed by atoms with Gasteiger partial charge < -0.3 is 5.73 Å². The summed E-state index contributed by atoms with van der Waals surface area (Å²) in [5.41, 5.74) is 5.50. The van der Waals surface area contributed by atoms with Crippen LogP contribution in [0.5, 0.6) is 0 Å². The summed E-state index contributed by atoms with van der Waals surface area (Å²) in [6.07, 6.45) is 4.96. The number of aromatic nitrogens is 4. The number of nitrogens with two attached hydrogens (primary N) is 1. The van der Waals surface area contributed by atoms with Crippen LogP contribution in [0.4, 0.5) is 0 Å². The molecule has 0 unspecified atom stereocenters. The molecule has 0 amide bonds. The van der Waals surface area contributed by atoms with Crippen LogP contribution in [0.3, 0.4) is 0 Å². The lowest BCUT2D eigenvalue weighted by molar-refractivity contribution is 0.438. The Morgan fingerprint density at radius 2 is 2.17 bits per heavy atom. The Hall–Kier alpha value is -0.970. The van der Waals surface area contributed by atoms with Crippen molar-refractivity contribution in [1.82, 2.24) is 20.2 Å². The molecule has 0 aromatic carbocycles. The summed E-state index contributed by atoms with van der Waals surface area (Å²) in [4.78, 5) is 0. The van der Waals surface area contributed by atoms with Crippen molar-refractivity contribution in [3.8, 4) is 0 Å². The van der Waals surface area contributed by atoms with Crippen LogP contribution in [0.2, 0.25) is 0 Å². The number of hydrogen-bond acceptors (Lipinski definition) is 4. The van der Waals surface area contributed by atoms with Crippen molar-refractivity contribution >= 4 is 0 Å². The van der Waals surface area contributed by atoms with Gasteiger partial charge in [0, 0.05) is 0 Å². The summed E-state index contributed by atoms with van der Waals surface area (Å²) < 4.78 is 1.88. The van der Waals surface area contributed by atoms with Crippen LogP contribution >= 0.6 is 0 Å². The Bertz CT molecular complexity index is 250. The maximum atomic E-state index is 5.50. The highest BCUT2D eigenvalue weighted by Crippen LogP contribution is 2.28. The van der Waals surface area contributed by atoms with Gasteiger partial charge in [0.25, 0.3) is 0 Å². The maximum absolute atomic E-state index is 5.50. The number of nitrogens with zero attached hydrogens (tertiary/aromatic N) is 4. The highest BCUT2D eigenvalue weighted by Gasteiger charge is 2.20. The van der Waals surface area contributed by atoms with Gasteiger partial charge >= 0.3 is 0 Å². The molecule has 1 heterocycles. The first kappa shape index (κ1) is 7.67. The molecule has 0 spiro atoms. The van der Waals surface area contributed by atoms with E-state index in [1.807, 2.05) is 4.68 Å².